The Hall–Kier alpha value is -2.13. The highest BCUT2D eigenvalue weighted by molar-refractivity contribution is 5.96. The van der Waals surface area contributed by atoms with Gasteiger partial charge in [-0.2, -0.15) is 0 Å². The number of hydrogen-bond donors (Lipinski definition) is 1. The first-order chi connectivity index (χ1) is 10.1. The summed E-state index contributed by atoms with van der Waals surface area (Å²) < 4.78 is 0. The number of fused-ring (bicyclic) bond motifs is 1. The number of aryl methyl sites for hydroxylation is 1. The topological polar surface area (TPSA) is 40.5 Å². The number of carbonyl (C=O) groups is 1. The predicted octanol–water partition coefficient (Wildman–Crippen LogP) is 3.01. The fraction of sp³-hybridized carbons (Fsp3) is 0.278. The summed E-state index contributed by atoms with van der Waals surface area (Å²) in [4.78, 5) is 14.4. The third-order valence-electron chi connectivity index (χ3n) is 3.96. The van der Waals surface area contributed by atoms with Crippen LogP contribution in [0.5, 0.6) is 0 Å². The van der Waals surface area contributed by atoms with Crippen molar-refractivity contribution in [1.29, 1.82) is 0 Å². The molecule has 1 amide bonds. The molecule has 0 fully saturated rings. The van der Waals surface area contributed by atoms with Crippen LogP contribution in [0.1, 0.15) is 29.2 Å². The minimum atomic E-state index is -0.472. The summed E-state index contributed by atoms with van der Waals surface area (Å²) >= 11 is 0. The second kappa shape index (κ2) is 5.70. The minimum Gasteiger partial charge on any atom is -0.388 e. The van der Waals surface area contributed by atoms with Gasteiger partial charge in [-0.25, -0.2) is 0 Å². The minimum absolute atomic E-state index is 0.0817. The third-order valence-corrected chi connectivity index (χ3v) is 3.96. The summed E-state index contributed by atoms with van der Waals surface area (Å²) in [5.41, 5.74) is 3.83. The Labute approximate surface area is 124 Å². The maximum Gasteiger partial charge on any atom is 0.231 e. The van der Waals surface area contributed by atoms with Crippen LogP contribution in [0.15, 0.2) is 48.5 Å². The molecule has 0 saturated carbocycles. The average molecular weight is 281 g/mol. The lowest BCUT2D eigenvalue weighted by molar-refractivity contribution is -0.118. The summed E-state index contributed by atoms with van der Waals surface area (Å²) in [7, 11) is 0. The van der Waals surface area contributed by atoms with Crippen LogP contribution in [-0.2, 0) is 11.2 Å². The monoisotopic (exact) mass is 281 g/mol. The van der Waals surface area contributed by atoms with Crippen molar-refractivity contribution in [2.75, 3.05) is 11.4 Å². The first-order valence-electron chi connectivity index (χ1n) is 7.28. The highest BCUT2D eigenvalue weighted by Crippen LogP contribution is 2.34. The van der Waals surface area contributed by atoms with Gasteiger partial charge in [-0.1, -0.05) is 48.0 Å². The molecule has 108 valence electrons. The molecule has 0 bridgehead atoms. The lowest BCUT2D eigenvalue weighted by Crippen LogP contribution is -2.37. The normalized spacial score (nSPS) is 17.4. The van der Waals surface area contributed by atoms with Crippen LogP contribution >= 0.6 is 0 Å². The van der Waals surface area contributed by atoms with Gasteiger partial charge in [0.15, 0.2) is 0 Å². The molecule has 1 heterocycles. The molecule has 0 aliphatic carbocycles. The van der Waals surface area contributed by atoms with E-state index in [-0.39, 0.29) is 5.91 Å². The summed E-state index contributed by atoms with van der Waals surface area (Å²) in [6.45, 7) is 2.57. The summed E-state index contributed by atoms with van der Waals surface area (Å²) in [5.74, 6) is 0.0817. The molecule has 1 aliphatic rings. The second-order valence-corrected chi connectivity index (χ2v) is 5.57. The number of aliphatic hydroxyl groups excluding tert-OH is 1. The van der Waals surface area contributed by atoms with Crippen molar-refractivity contribution in [3.8, 4) is 0 Å². The van der Waals surface area contributed by atoms with Gasteiger partial charge >= 0.3 is 0 Å². The van der Waals surface area contributed by atoms with Gasteiger partial charge < -0.3 is 10.0 Å². The van der Waals surface area contributed by atoms with Gasteiger partial charge in [0.2, 0.25) is 5.91 Å². The zero-order chi connectivity index (χ0) is 14.8. The maximum absolute atomic E-state index is 12.6. The molecule has 1 unspecified atom stereocenters. The Balaban J connectivity index is 1.87. The molecule has 2 aromatic carbocycles. The molecule has 2 aromatic rings. The van der Waals surface area contributed by atoms with Crippen LogP contribution < -0.4 is 4.90 Å². The van der Waals surface area contributed by atoms with Gasteiger partial charge in [0.1, 0.15) is 0 Å². The van der Waals surface area contributed by atoms with Crippen LogP contribution in [0.3, 0.4) is 0 Å². The molecule has 0 spiro atoms. The number of rotatable bonds is 2. The third kappa shape index (κ3) is 2.83. The lowest BCUT2D eigenvalue weighted by atomic mass is 9.96. The van der Waals surface area contributed by atoms with E-state index < -0.39 is 6.10 Å². The van der Waals surface area contributed by atoms with Gasteiger partial charge in [-0.3, -0.25) is 4.79 Å². The smallest absolute Gasteiger partial charge is 0.231 e. The van der Waals surface area contributed by atoms with Gasteiger partial charge in [-0.05, 0) is 25.0 Å². The van der Waals surface area contributed by atoms with E-state index in [0.717, 1.165) is 22.4 Å². The first kappa shape index (κ1) is 13.8. The van der Waals surface area contributed by atoms with E-state index in [9.17, 15) is 9.90 Å². The lowest BCUT2D eigenvalue weighted by Gasteiger charge is -2.32. The Morgan fingerprint density at radius 3 is 2.76 bits per heavy atom. The van der Waals surface area contributed by atoms with Crippen molar-refractivity contribution >= 4 is 11.6 Å². The van der Waals surface area contributed by atoms with E-state index in [1.807, 2.05) is 55.5 Å². The number of amides is 1. The molecule has 0 radical (unpaired) electrons. The van der Waals surface area contributed by atoms with E-state index in [2.05, 4.69) is 0 Å². The van der Waals surface area contributed by atoms with E-state index >= 15 is 0 Å². The molecule has 1 aliphatic heterocycles. The quantitative estimate of drug-likeness (QED) is 0.919. The van der Waals surface area contributed by atoms with Crippen LogP contribution in [0.25, 0.3) is 0 Å². The fourth-order valence-electron chi connectivity index (χ4n) is 2.84. The Bertz CT molecular complexity index is 652. The Morgan fingerprint density at radius 1 is 1.24 bits per heavy atom. The highest BCUT2D eigenvalue weighted by Gasteiger charge is 2.27. The van der Waals surface area contributed by atoms with Gasteiger partial charge in [-0.15, -0.1) is 0 Å². The predicted molar refractivity (Wildman–Crippen MR) is 83.3 cm³/mol. The molecular formula is C18H19NO2. The Morgan fingerprint density at radius 2 is 2.00 bits per heavy atom. The standard InChI is InChI=1S/C18H19NO2/c1-13-7-8-16-15(11-13)17(20)9-10-19(16)18(21)12-14-5-3-2-4-6-14/h2-8,11,17,20H,9-10,12H2,1H3. The zero-order valence-electron chi connectivity index (χ0n) is 12.1. The molecule has 1 atom stereocenters. The van der Waals surface area contributed by atoms with Crippen molar-refractivity contribution in [3.63, 3.8) is 0 Å². The molecule has 3 rings (SSSR count). The molecule has 21 heavy (non-hydrogen) atoms. The zero-order valence-corrected chi connectivity index (χ0v) is 12.1. The van der Waals surface area contributed by atoms with Gasteiger partial charge in [0.25, 0.3) is 0 Å². The molecular weight excluding hydrogens is 262 g/mol. The molecule has 0 saturated heterocycles. The fourth-order valence-corrected chi connectivity index (χ4v) is 2.84. The summed E-state index contributed by atoms with van der Waals surface area (Å²) in [6.07, 6.45) is 0.516. The largest absolute Gasteiger partial charge is 0.388 e. The number of benzene rings is 2. The van der Waals surface area contributed by atoms with Crippen LogP contribution in [-0.4, -0.2) is 17.6 Å². The molecule has 0 aromatic heterocycles. The number of nitrogens with zero attached hydrogens (tertiary/aromatic N) is 1. The van der Waals surface area contributed by atoms with Crippen molar-refractivity contribution in [2.45, 2.75) is 25.9 Å². The van der Waals surface area contributed by atoms with Crippen molar-refractivity contribution < 1.29 is 9.90 Å². The van der Waals surface area contributed by atoms with E-state index in [1.165, 1.54) is 0 Å². The van der Waals surface area contributed by atoms with Crippen molar-refractivity contribution in [2.24, 2.45) is 0 Å². The second-order valence-electron chi connectivity index (χ2n) is 5.57. The van der Waals surface area contributed by atoms with E-state index in [1.54, 1.807) is 4.90 Å². The van der Waals surface area contributed by atoms with Crippen molar-refractivity contribution in [3.05, 3.63) is 65.2 Å². The number of anilines is 1. The van der Waals surface area contributed by atoms with Gasteiger partial charge in [0.05, 0.1) is 12.5 Å². The van der Waals surface area contributed by atoms with Crippen molar-refractivity contribution in [1.82, 2.24) is 0 Å². The first-order valence-corrected chi connectivity index (χ1v) is 7.28. The Kier molecular flexibility index (Phi) is 3.76. The highest BCUT2D eigenvalue weighted by atomic mass is 16.3. The van der Waals surface area contributed by atoms with Gasteiger partial charge in [0, 0.05) is 17.8 Å². The molecule has 1 N–H and O–H groups in total. The SMILES string of the molecule is Cc1ccc2c(c1)C(O)CCN2C(=O)Cc1ccccc1. The van der Waals surface area contributed by atoms with E-state index in [0.29, 0.717) is 19.4 Å². The van der Waals surface area contributed by atoms with Crippen LogP contribution in [0, 0.1) is 6.92 Å². The van der Waals surface area contributed by atoms with Crippen LogP contribution in [0.2, 0.25) is 0 Å². The summed E-state index contributed by atoms with van der Waals surface area (Å²) in [6, 6.07) is 15.7. The molecule has 3 nitrogen and oxygen atoms in total. The maximum atomic E-state index is 12.6. The number of aliphatic hydroxyl groups is 1. The van der Waals surface area contributed by atoms with E-state index in [4.69, 9.17) is 0 Å². The summed E-state index contributed by atoms with van der Waals surface area (Å²) in [5, 5.41) is 10.1. The van der Waals surface area contributed by atoms with Crippen LogP contribution in [0.4, 0.5) is 5.69 Å². The number of carbonyl (C=O) groups excluding carboxylic acids is 1. The average Bonchev–Trinajstić information content (AvgIpc) is 2.49. The molecule has 3 heteroatoms. The number of hydrogen-bond acceptors (Lipinski definition) is 2.